The highest BCUT2D eigenvalue weighted by Gasteiger charge is 2.42. The Balaban J connectivity index is 2.67. The van der Waals surface area contributed by atoms with Crippen molar-refractivity contribution in [2.24, 2.45) is 0 Å². The average molecular weight is 245 g/mol. The Morgan fingerprint density at radius 2 is 2.00 bits per heavy atom. The van der Waals surface area contributed by atoms with Gasteiger partial charge < -0.3 is 4.74 Å². The van der Waals surface area contributed by atoms with E-state index in [1.165, 1.54) is 6.08 Å². The zero-order chi connectivity index (χ0) is 11.2. The lowest BCUT2D eigenvalue weighted by molar-refractivity contribution is -0.150. The van der Waals surface area contributed by atoms with Crippen LogP contribution in [0.4, 0.5) is 0 Å². The maximum atomic E-state index is 11.2. The first kappa shape index (κ1) is 10.2. The molecule has 2 aliphatic rings. The summed E-state index contributed by atoms with van der Waals surface area (Å²) in [6.45, 7) is 0. The van der Waals surface area contributed by atoms with E-state index in [4.69, 9.17) is 23.2 Å². The highest BCUT2D eigenvalue weighted by Crippen LogP contribution is 2.38. The van der Waals surface area contributed by atoms with Gasteiger partial charge in [0, 0.05) is 0 Å². The van der Waals surface area contributed by atoms with E-state index in [9.17, 15) is 14.4 Å². The summed E-state index contributed by atoms with van der Waals surface area (Å²) in [6, 6.07) is 0. The van der Waals surface area contributed by atoms with Gasteiger partial charge in [-0.3, -0.25) is 0 Å². The second-order valence-electron chi connectivity index (χ2n) is 2.88. The van der Waals surface area contributed by atoms with Crippen LogP contribution in [-0.4, -0.2) is 23.3 Å². The Morgan fingerprint density at radius 3 is 2.60 bits per heavy atom. The van der Waals surface area contributed by atoms with Gasteiger partial charge in [-0.2, -0.15) is 0 Å². The third-order valence-corrected chi connectivity index (χ3v) is 2.80. The third-order valence-electron chi connectivity index (χ3n) is 2.04. The Morgan fingerprint density at radius 1 is 1.33 bits per heavy atom. The van der Waals surface area contributed by atoms with Crippen LogP contribution in [0, 0.1) is 0 Å². The molecule has 0 saturated carbocycles. The molecule has 0 N–H and O–H groups in total. The van der Waals surface area contributed by atoms with Crippen LogP contribution in [0.15, 0.2) is 27.8 Å². The molecule has 0 aromatic rings. The number of alkyl halides is 1. The molecule has 15 heavy (non-hydrogen) atoms. The van der Waals surface area contributed by atoms with Crippen molar-refractivity contribution in [2.45, 2.75) is 5.38 Å². The number of halogens is 2. The maximum Gasteiger partial charge on any atom is 0.348 e. The van der Waals surface area contributed by atoms with Crippen LogP contribution in [0.25, 0.3) is 0 Å². The molecule has 1 atom stereocenters. The molecular formula is C9H2Cl2O4. The molecule has 0 aromatic carbocycles. The number of hydrogen-bond donors (Lipinski definition) is 0. The number of hydrogen-bond acceptors (Lipinski definition) is 4. The number of allylic oxidation sites excluding steroid dienone is 2. The number of ether oxygens (including phenoxy) is 1. The minimum absolute atomic E-state index is 0.00654. The summed E-state index contributed by atoms with van der Waals surface area (Å²) in [6.07, 6.45) is 1.20. The van der Waals surface area contributed by atoms with Crippen molar-refractivity contribution in [3.8, 4) is 0 Å². The molecule has 0 spiro atoms. The topological polar surface area (TPSA) is 60.4 Å². The molecule has 6 heteroatoms. The predicted octanol–water partition coefficient (Wildman–Crippen LogP) is 0.868. The first-order valence-corrected chi connectivity index (χ1v) is 4.65. The molecular weight excluding hydrogens is 243 g/mol. The maximum absolute atomic E-state index is 11.2. The average Bonchev–Trinajstić information content (AvgIpc) is 2.48. The second-order valence-corrected chi connectivity index (χ2v) is 3.72. The summed E-state index contributed by atoms with van der Waals surface area (Å²) >= 11 is 11.5. The van der Waals surface area contributed by atoms with Gasteiger partial charge in [-0.25, -0.2) is 14.4 Å². The van der Waals surface area contributed by atoms with Crippen molar-refractivity contribution in [1.82, 2.24) is 0 Å². The summed E-state index contributed by atoms with van der Waals surface area (Å²) in [5.74, 6) is -0.155. The Bertz CT molecular complexity index is 494. The summed E-state index contributed by atoms with van der Waals surface area (Å²) in [7, 11) is 0. The fraction of sp³-hybridized carbons (Fsp3) is 0.111. The van der Waals surface area contributed by atoms with E-state index in [1.54, 1.807) is 5.94 Å². The van der Waals surface area contributed by atoms with Crippen LogP contribution in [0.2, 0.25) is 0 Å². The largest absolute Gasteiger partial charge is 0.386 e. The van der Waals surface area contributed by atoms with E-state index in [2.05, 4.69) is 4.74 Å². The van der Waals surface area contributed by atoms with Crippen molar-refractivity contribution in [2.75, 3.05) is 0 Å². The van der Waals surface area contributed by atoms with Crippen LogP contribution in [0.1, 0.15) is 0 Å². The van der Waals surface area contributed by atoms with Crippen molar-refractivity contribution < 1.29 is 19.1 Å². The highest BCUT2D eigenvalue weighted by atomic mass is 35.5. The molecule has 0 bridgehead atoms. The van der Waals surface area contributed by atoms with Gasteiger partial charge in [0.15, 0.2) is 0 Å². The van der Waals surface area contributed by atoms with Crippen LogP contribution >= 0.6 is 23.2 Å². The zero-order valence-electron chi connectivity index (χ0n) is 7.04. The van der Waals surface area contributed by atoms with Crippen LogP contribution in [0.5, 0.6) is 0 Å². The van der Waals surface area contributed by atoms with Gasteiger partial charge in [-0.1, -0.05) is 11.6 Å². The molecule has 2 rings (SSSR count). The van der Waals surface area contributed by atoms with Crippen LogP contribution in [-0.2, 0) is 19.1 Å². The van der Waals surface area contributed by atoms with Gasteiger partial charge in [0.1, 0.15) is 11.3 Å². The molecule has 76 valence electrons. The molecule has 0 fully saturated rings. The minimum Gasteiger partial charge on any atom is -0.386 e. The van der Waals surface area contributed by atoms with Crippen molar-refractivity contribution in [3.63, 3.8) is 0 Å². The molecule has 1 heterocycles. The molecule has 0 aromatic heterocycles. The molecule has 1 unspecified atom stereocenters. The van der Waals surface area contributed by atoms with Gasteiger partial charge in [-0.15, -0.1) is 11.6 Å². The van der Waals surface area contributed by atoms with Crippen molar-refractivity contribution in [3.05, 3.63) is 27.8 Å². The summed E-state index contributed by atoms with van der Waals surface area (Å²) in [4.78, 5) is 32.9. The van der Waals surface area contributed by atoms with E-state index in [-0.39, 0.29) is 21.8 Å². The molecule has 0 saturated heterocycles. The van der Waals surface area contributed by atoms with Gasteiger partial charge in [0.25, 0.3) is 0 Å². The number of rotatable bonds is 0. The quantitative estimate of drug-likeness (QED) is 0.275. The number of cyclic esters (lactones) is 2. The van der Waals surface area contributed by atoms with Gasteiger partial charge in [0.05, 0.1) is 21.8 Å². The van der Waals surface area contributed by atoms with Gasteiger partial charge >= 0.3 is 11.9 Å². The Kier molecular flexibility index (Phi) is 2.27. The van der Waals surface area contributed by atoms with E-state index in [0.717, 1.165) is 0 Å². The van der Waals surface area contributed by atoms with Gasteiger partial charge in [-0.05, 0) is 6.08 Å². The summed E-state index contributed by atoms with van der Waals surface area (Å²) < 4.78 is 4.34. The monoisotopic (exact) mass is 244 g/mol. The van der Waals surface area contributed by atoms with E-state index in [0.29, 0.717) is 0 Å². The Hall–Kier alpha value is -1.35. The zero-order valence-corrected chi connectivity index (χ0v) is 8.56. The molecule has 0 amide bonds. The van der Waals surface area contributed by atoms with E-state index >= 15 is 0 Å². The van der Waals surface area contributed by atoms with Crippen LogP contribution in [0.3, 0.4) is 0 Å². The molecule has 1 aliphatic heterocycles. The SMILES string of the molecule is O=C=C1C=C(Cl)C2=C(C(=O)OC2=O)C1Cl. The summed E-state index contributed by atoms with van der Waals surface area (Å²) in [5, 5.41) is -1.06. The van der Waals surface area contributed by atoms with E-state index < -0.39 is 17.3 Å². The smallest absolute Gasteiger partial charge is 0.348 e. The Labute approximate surface area is 93.8 Å². The van der Waals surface area contributed by atoms with Crippen LogP contribution < -0.4 is 0 Å². The standard InChI is InChI=1S/C9H2Cl2O4/c10-4-1-3(2-12)7(11)6-5(4)8(13)15-9(6)14/h1,7H. The summed E-state index contributed by atoms with van der Waals surface area (Å²) in [5.41, 5.74) is -0.153. The van der Waals surface area contributed by atoms with Gasteiger partial charge in [0.2, 0.25) is 0 Å². The third kappa shape index (κ3) is 1.35. The lowest BCUT2D eigenvalue weighted by Gasteiger charge is -2.13. The number of carbonyl (C=O) groups excluding carboxylic acids is 3. The van der Waals surface area contributed by atoms with Crippen molar-refractivity contribution in [1.29, 1.82) is 0 Å². The normalized spacial score (nSPS) is 24.8. The minimum atomic E-state index is -1.03. The fourth-order valence-electron chi connectivity index (χ4n) is 1.38. The first-order chi connectivity index (χ1) is 7.06. The second kappa shape index (κ2) is 3.35. The molecule has 0 radical (unpaired) electrons. The molecule has 1 aliphatic carbocycles. The predicted molar refractivity (Wildman–Crippen MR) is 50.9 cm³/mol. The highest BCUT2D eigenvalue weighted by molar-refractivity contribution is 6.40. The van der Waals surface area contributed by atoms with E-state index in [1.807, 2.05) is 0 Å². The fourth-order valence-corrected chi connectivity index (χ4v) is 1.98. The van der Waals surface area contributed by atoms with Crippen molar-refractivity contribution >= 4 is 41.1 Å². The molecule has 4 nitrogen and oxygen atoms in total. The number of carbonyl (C=O) groups is 2. The lowest BCUT2D eigenvalue weighted by atomic mass is 9.95. The number of esters is 2. The lowest BCUT2D eigenvalue weighted by Crippen LogP contribution is -2.16. The first-order valence-electron chi connectivity index (χ1n) is 3.83.